The SMILES string of the molecule is CNC1CC(c2cccc(OC)c2)Oc2ccc(Cl)cc21. The first-order valence-electron chi connectivity index (χ1n) is 6.98. The Morgan fingerprint density at radius 3 is 2.86 bits per heavy atom. The van der Waals surface area contributed by atoms with Crippen molar-refractivity contribution in [1.82, 2.24) is 5.32 Å². The highest BCUT2D eigenvalue weighted by Gasteiger charge is 2.28. The smallest absolute Gasteiger partial charge is 0.126 e. The van der Waals surface area contributed by atoms with Crippen molar-refractivity contribution in [2.24, 2.45) is 0 Å². The summed E-state index contributed by atoms with van der Waals surface area (Å²) < 4.78 is 11.4. The van der Waals surface area contributed by atoms with Gasteiger partial charge in [-0.25, -0.2) is 0 Å². The zero-order chi connectivity index (χ0) is 14.8. The van der Waals surface area contributed by atoms with Crippen LogP contribution in [0.4, 0.5) is 0 Å². The van der Waals surface area contributed by atoms with Crippen LogP contribution in [0.1, 0.15) is 29.7 Å². The minimum absolute atomic E-state index is 0.00576. The normalized spacial score (nSPS) is 20.5. The van der Waals surface area contributed by atoms with E-state index >= 15 is 0 Å². The molecule has 1 aliphatic rings. The van der Waals surface area contributed by atoms with E-state index in [0.717, 1.165) is 34.1 Å². The summed E-state index contributed by atoms with van der Waals surface area (Å²) in [6.07, 6.45) is 0.864. The third-order valence-electron chi connectivity index (χ3n) is 3.88. The first-order chi connectivity index (χ1) is 10.2. The van der Waals surface area contributed by atoms with Crippen LogP contribution in [0, 0.1) is 0 Å². The molecule has 0 spiro atoms. The molecule has 0 saturated carbocycles. The molecule has 0 amide bonds. The van der Waals surface area contributed by atoms with E-state index in [1.54, 1.807) is 7.11 Å². The van der Waals surface area contributed by atoms with E-state index in [1.165, 1.54) is 0 Å². The third-order valence-corrected chi connectivity index (χ3v) is 4.12. The Morgan fingerprint density at radius 2 is 2.10 bits per heavy atom. The number of methoxy groups -OCH3 is 1. The second kappa shape index (κ2) is 5.96. The molecule has 0 aliphatic carbocycles. The van der Waals surface area contributed by atoms with Gasteiger partial charge >= 0.3 is 0 Å². The summed E-state index contributed by atoms with van der Waals surface area (Å²) in [5, 5.41) is 4.08. The van der Waals surface area contributed by atoms with Crippen LogP contribution in [-0.4, -0.2) is 14.2 Å². The van der Waals surface area contributed by atoms with E-state index in [4.69, 9.17) is 21.1 Å². The number of hydrogen-bond donors (Lipinski definition) is 1. The maximum Gasteiger partial charge on any atom is 0.126 e. The fourth-order valence-electron chi connectivity index (χ4n) is 2.76. The van der Waals surface area contributed by atoms with Gasteiger partial charge in [0.25, 0.3) is 0 Å². The van der Waals surface area contributed by atoms with E-state index < -0.39 is 0 Å². The van der Waals surface area contributed by atoms with Crippen LogP contribution in [0.2, 0.25) is 5.02 Å². The zero-order valence-corrected chi connectivity index (χ0v) is 12.9. The van der Waals surface area contributed by atoms with Crippen molar-refractivity contribution in [3.63, 3.8) is 0 Å². The summed E-state index contributed by atoms with van der Waals surface area (Å²) in [7, 11) is 3.64. The van der Waals surface area contributed by atoms with Crippen molar-refractivity contribution in [2.75, 3.05) is 14.2 Å². The lowest BCUT2D eigenvalue weighted by molar-refractivity contribution is 0.153. The predicted molar refractivity (Wildman–Crippen MR) is 84.2 cm³/mol. The average molecular weight is 304 g/mol. The minimum atomic E-state index is 0.00576. The van der Waals surface area contributed by atoms with Crippen LogP contribution in [0.15, 0.2) is 42.5 Å². The first kappa shape index (κ1) is 14.2. The van der Waals surface area contributed by atoms with Crippen LogP contribution in [0.5, 0.6) is 11.5 Å². The van der Waals surface area contributed by atoms with Gasteiger partial charge in [-0.15, -0.1) is 0 Å². The van der Waals surface area contributed by atoms with Gasteiger partial charge in [0.2, 0.25) is 0 Å². The molecule has 2 unspecified atom stereocenters. The lowest BCUT2D eigenvalue weighted by atomic mass is 9.93. The molecule has 21 heavy (non-hydrogen) atoms. The van der Waals surface area contributed by atoms with Crippen molar-refractivity contribution < 1.29 is 9.47 Å². The summed E-state index contributed by atoms with van der Waals surface area (Å²) in [6, 6.07) is 14.0. The number of nitrogens with one attached hydrogen (secondary N) is 1. The van der Waals surface area contributed by atoms with Crippen LogP contribution in [-0.2, 0) is 0 Å². The minimum Gasteiger partial charge on any atom is -0.497 e. The fraction of sp³-hybridized carbons (Fsp3) is 0.294. The summed E-state index contributed by atoms with van der Waals surface area (Å²) in [5.41, 5.74) is 2.24. The fourth-order valence-corrected chi connectivity index (χ4v) is 2.94. The molecule has 110 valence electrons. The van der Waals surface area contributed by atoms with Crippen molar-refractivity contribution in [3.05, 3.63) is 58.6 Å². The molecule has 2 aromatic rings. The van der Waals surface area contributed by atoms with Gasteiger partial charge in [-0.3, -0.25) is 0 Å². The maximum absolute atomic E-state index is 6.15. The quantitative estimate of drug-likeness (QED) is 0.924. The molecule has 0 saturated heterocycles. The van der Waals surface area contributed by atoms with E-state index in [1.807, 2.05) is 43.4 Å². The van der Waals surface area contributed by atoms with Gasteiger partial charge < -0.3 is 14.8 Å². The number of fused-ring (bicyclic) bond motifs is 1. The second-order valence-corrected chi connectivity index (χ2v) is 5.58. The molecule has 3 rings (SSSR count). The van der Waals surface area contributed by atoms with E-state index in [0.29, 0.717) is 0 Å². The van der Waals surface area contributed by atoms with Gasteiger partial charge in [0.15, 0.2) is 0 Å². The van der Waals surface area contributed by atoms with Crippen molar-refractivity contribution in [1.29, 1.82) is 0 Å². The van der Waals surface area contributed by atoms with Crippen LogP contribution in [0.25, 0.3) is 0 Å². The van der Waals surface area contributed by atoms with Crippen molar-refractivity contribution >= 4 is 11.6 Å². The van der Waals surface area contributed by atoms with Crippen LogP contribution in [0.3, 0.4) is 0 Å². The Hall–Kier alpha value is -1.71. The monoisotopic (exact) mass is 303 g/mol. The Balaban J connectivity index is 1.94. The first-order valence-corrected chi connectivity index (χ1v) is 7.36. The molecule has 0 bridgehead atoms. The number of hydrogen-bond acceptors (Lipinski definition) is 3. The molecule has 2 aromatic carbocycles. The second-order valence-electron chi connectivity index (χ2n) is 5.14. The molecule has 3 nitrogen and oxygen atoms in total. The molecule has 0 aromatic heterocycles. The molecule has 1 aliphatic heterocycles. The van der Waals surface area contributed by atoms with Crippen molar-refractivity contribution in [3.8, 4) is 11.5 Å². The van der Waals surface area contributed by atoms with E-state index in [2.05, 4.69) is 11.4 Å². The Morgan fingerprint density at radius 1 is 1.24 bits per heavy atom. The Labute approximate surface area is 129 Å². The summed E-state index contributed by atoms with van der Waals surface area (Å²) in [6.45, 7) is 0. The number of benzene rings is 2. The largest absolute Gasteiger partial charge is 0.497 e. The van der Waals surface area contributed by atoms with E-state index in [9.17, 15) is 0 Å². The molecule has 1 heterocycles. The van der Waals surface area contributed by atoms with Gasteiger partial charge in [0.05, 0.1) is 7.11 Å². The standard InChI is InChI=1S/C17H18ClNO2/c1-19-15-10-17(11-4-3-5-13(8-11)20-2)21-16-7-6-12(18)9-14(15)16/h3-9,15,17,19H,10H2,1-2H3. The lowest BCUT2D eigenvalue weighted by Gasteiger charge is -2.32. The average Bonchev–Trinajstić information content (AvgIpc) is 2.54. The highest BCUT2D eigenvalue weighted by atomic mass is 35.5. The predicted octanol–water partition coefficient (Wildman–Crippen LogP) is 4.13. The number of rotatable bonds is 3. The molecule has 4 heteroatoms. The molecule has 0 fully saturated rings. The summed E-state index contributed by atoms with van der Waals surface area (Å²) >= 11 is 6.09. The molecular formula is C17H18ClNO2. The van der Waals surface area contributed by atoms with Gasteiger partial charge in [0.1, 0.15) is 17.6 Å². The lowest BCUT2D eigenvalue weighted by Crippen LogP contribution is -2.26. The molecule has 2 atom stereocenters. The molecular weight excluding hydrogens is 286 g/mol. The van der Waals surface area contributed by atoms with Gasteiger partial charge in [-0.2, -0.15) is 0 Å². The van der Waals surface area contributed by atoms with Crippen LogP contribution < -0.4 is 14.8 Å². The van der Waals surface area contributed by atoms with E-state index in [-0.39, 0.29) is 12.1 Å². The molecule has 1 N–H and O–H groups in total. The summed E-state index contributed by atoms with van der Waals surface area (Å²) in [5.74, 6) is 1.73. The molecule has 0 radical (unpaired) electrons. The topological polar surface area (TPSA) is 30.5 Å². The number of halogens is 1. The van der Waals surface area contributed by atoms with Crippen molar-refractivity contribution in [2.45, 2.75) is 18.6 Å². The maximum atomic E-state index is 6.15. The highest BCUT2D eigenvalue weighted by molar-refractivity contribution is 6.30. The number of ether oxygens (including phenoxy) is 2. The van der Waals surface area contributed by atoms with Gasteiger partial charge in [-0.1, -0.05) is 23.7 Å². The van der Waals surface area contributed by atoms with Gasteiger partial charge in [-0.05, 0) is 42.9 Å². The zero-order valence-electron chi connectivity index (χ0n) is 12.1. The third kappa shape index (κ3) is 2.85. The van der Waals surface area contributed by atoms with Gasteiger partial charge in [0, 0.05) is 23.0 Å². The Bertz CT molecular complexity index is 644. The van der Waals surface area contributed by atoms with Crippen LogP contribution >= 0.6 is 11.6 Å². The Kier molecular flexibility index (Phi) is 4.04. The highest BCUT2D eigenvalue weighted by Crippen LogP contribution is 2.42. The summed E-state index contributed by atoms with van der Waals surface area (Å²) in [4.78, 5) is 0.